The number of hydrogen-bond donors (Lipinski definition) is 0. The van der Waals surface area contributed by atoms with E-state index in [4.69, 9.17) is 14.2 Å². The number of carbonyl (C=O) groups excluding carboxylic acids is 3. The highest BCUT2D eigenvalue weighted by Crippen LogP contribution is 2.18. The summed E-state index contributed by atoms with van der Waals surface area (Å²) in [6.45, 7) is 6.48. The Bertz CT molecular complexity index is 1590. The number of esters is 3. The summed E-state index contributed by atoms with van der Waals surface area (Å²) in [5.74, 6) is -0.986. The Morgan fingerprint density at radius 3 is 0.817 bits per heavy atom. The van der Waals surface area contributed by atoms with Gasteiger partial charge in [-0.3, -0.25) is 14.4 Å². The first-order valence-electron chi connectivity index (χ1n) is 35.2. The van der Waals surface area contributed by atoms with Gasteiger partial charge in [0.25, 0.3) is 0 Å². The molecule has 0 amide bonds. The standard InChI is InChI=1S/C76H132O6/c1-4-7-10-13-16-19-22-25-28-31-33-34-35-36-37-38-39-40-41-43-45-48-51-54-57-60-63-66-69-75(78)81-72-73(71-80-74(77)68-65-62-59-56-53-50-47-44-30-27-24-21-18-15-12-9-6-3)82-76(79)70-67-64-61-58-55-52-49-46-42-32-29-26-23-20-17-14-11-8-5-2/h8,11,17-18,20-21,26-27,29-30,42,46,52,55,61,64,73H,4-7,9-10,12-16,19,22-25,28,31-41,43-45,47-51,53-54,56-60,62-63,65-72H2,1-3H3/b11-8-,20-17-,21-18-,29-26-,30-27-,46-42-,55-52-,64-61-. The molecule has 6 heteroatoms. The molecule has 0 aliphatic heterocycles. The first-order valence-corrected chi connectivity index (χ1v) is 35.2. The van der Waals surface area contributed by atoms with Gasteiger partial charge in [-0.1, -0.05) is 336 Å². The topological polar surface area (TPSA) is 78.9 Å². The maximum absolute atomic E-state index is 12.9. The molecule has 1 atom stereocenters. The van der Waals surface area contributed by atoms with Crippen molar-refractivity contribution in [1.29, 1.82) is 0 Å². The van der Waals surface area contributed by atoms with Gasteiger partial charge in [0.15, 0.2) is 6.10 Å². The van der Waals surface area contributed by atoms with Crippen LogP contribution in [0, 0.1) is 0 Å². The second-order valence-corrected chi connectivity index (χ2v) is 23.4. The van der Waals surface area contributed by atoms with Gasteiger partial charge in [0.05, 0.1) is 0 Å². The first-order chi connectivity index (χ1) is 40.5. The zero-order valence-corrected chi connectivity index (χ0v) is 54.2. The fraction of sp³-hybridized carbons (Fsp3) is 0.750. The fourth-order valence-corrected chi connectivity index (χ4v) is 10.1. The molecular formula is C76H132O6. The molecule has 6 nitrogen and oxygen atoms in total. The molecule has 82 heavy (non-hydrogen) atoms. The van der Waals surface area contributed by atoms with E-state index >= 15 is 0 Å². The highest BCUT2D eigenvalue weighted by Gasteiger charge is 2.19. The number of rotatable bonds is 64. The maximum Gasteiger partial charge on any atom is 0.306 e. The molecule has 0 bridgehead atoms. The van der Waals surface area contributed by atoms with Gasteiger partial charge < -0.3 is 14.2 Å². The van der Waals surface area contributed by atoms with Crippen molar-refractivity contribution in [3.63, 3.8) is 0 Å². The average Bonchev–Trinajstić information content (AvgIpc) is 3.47. The highest BCUT2D eigenvalue weighted by atomic mass is 16.6. The minimum atomic E-state index is -0.823. The zero-order valence-electron chi connectivity index (χ0n) is 54.2. The van der Waals surface area contributed by atoms with Gasteiger partial charge in [-0.15, -0.1) is 0 Å². The van der Waals surface area contributed by atoms with Crippen molar-refractivity contribution >= 4 is 17.9 Å². The van der Waals surface area contributed by atoms with Gasteiger partial charge in [0.1, 0.15) is 13.2 Å². The molecule has 0 N–H and O–H groups in total. The van der Waals surface area contributed by atoms with E-state index in [1.54, 1.807) is 0 Å². The van der Waals surface area contributed by atoms with Crippen molar-refractivity contribution in [3.8, 4) is 0 Å². The van der Waals surface area contributed by atoms with Crippen LogP contribution in [0.4, 0.5) is 0 Å². The van der Waals surface area contributed by atoms with Crippen molar-refractivity contribution < 1.29 is 28.6 Å². The van der Waals surface area contributed by atoms with E-state index in [-0.39, 0.29) is 31.6 Å². The van der Waals surface area contributed by atoms with Gasteiger partial charge in [-0.2, -0.15) is 0 Å². The second kappa shape index (κ2) is 69.8. The van der Waals surface area contributed by atoms with Crippen molar-refractivity contribution in [2.75, 3.05) is 13.2 Å². The monoisotopic (exact) mass is 1140 g/mol. The third kappa shape index (κ3) is 67.1. The molecule has 1 unspecified atom stereocenters. The molecular weight excluding hydrogens is 1010 g/mol. The van der Waals surface area contributed by atoms with Gasteiger partial charge >= 0.3 is 17.9 Å². The number of carbonyl (C=O) groups is 3. The Labute approximate surface area is 508 Å². The van der Waals surface area contributed by atoms with E-state index < -0.39 is 12.1 Å². The van der Waals surface area contributed by atoms with E-state index in [0.717, 1.165) is 89.9 Å². The van der Waals surface area contributed by atoms with Crippen LogP contribution in [0.2, 0.25) is 0 Å². The predicted molar refractivity (Wildman–Crippen MR) is 357 cm³/mol. The Hall–Kier alpha value is -3.67. The van der Waals surface area contributed by atoms with Gasteiger partial charge in [0, 0.05) is 19.3 Å². The predicted octanol–water partition coefficient (Wildman–Crippen LogP) is 24.4. The summed E-state index contributed by atoms with van der Waals surface area (Å²) in [4.78, 5) is 38.4. The van der Waals surface area contributed by atoms with Crippen molar-refractivity contribution in [3.05, 3.63) is 97.2 Å². The summed E-state index contributed by atoms with van der Waals surface area (Å²) in [7, 11) is 0. The van der Waals surface area contributed by atoms with Crippen LogP contribution in [-0.2, 0) is 28.6 Å². The molecule has 0 saturated carbocycles. The lowest BCUT2D eigenvalue weighted by molar-refractivity contribution is -0.166. The lowest BCUT2D eigenvalue weighted by Crippen LogP contribution is -2.30. The first kappa shape index (κ1) is 78.3. The highest BCUT2D eigenvalue weighted by molar-refractivity contribution is 5.71. The van der Waals surface area contributed by atoms with Gasteiger partial charge in [-0.05, 0) is 89.9 Å². The molecule has 0 aromatic heterocycles. The van der Waals surface area contributed by atoms with E-state index in [0.29, 0.717) is 19.3 Å². The van der Waals surface area contributed by atoms with Crippen LogP contribution in [-0.4, -0.2) is 37.2 Å². The molecule has 0 heterocycles. The zero-order chi connectivity index (χ0) is 59.2. The largest absolute Gasteiger partial charge is 0.462 e. The SMILES string of the molecule is CC/C=C\C/C=C\C/C=C\C/C=C\C/C=C\C/C=C\CCC(=O)OC(COC(=O)CCCCCCCCC/C=C\C/C=C\CCCCC)COC(=O)CCCCCCCCCCCCCCCCCCCCCCCCCCCCCC. The summed E-state index contributed by atoms with van der Waals surface area (Å²) in [5.41, 5.74) is 0. The molecule has 0 aliphatic carbocycles. The summed E-state index contributed by atoms with van der Waals surface area (Å²) in [6.07, 6.45) is 94.5. The minimum absolute atomic E-state index is 0.108. The van der Waals surface area contributed by atoms with Crippen LogP contribution < -0.4 is 0 Å². The van der Waals surface area contributed by atoms with Crippen LogP contribution in [0.1, 0.15) is 348 Å². The molecule has 472 valence electrons. The number of hydrogen-bond acceptors (Lipinski definition) is 6. The Kier molecular flexibility index (Phi) is 66.7. The molecule has 0 radical (unpaired) electrons. The normalized spacial score (nSPS) is 12.7. The molecule has 0 aromatic rings. The van der Waals surface area contributed by atoms with Crippen LogP contribution in [0.3, 0.4) is 0 Å². The molecule has 0 saturated heterocycles. The minimum Gasteiger partial charge on any atom is -0.462 e. The number of unbranched alkanes of at least 4 members (excludes halogenated alkanes) is 37. The average molecular weight is 1140 g/mol. The van der Waals surface area contributed by atoms with Crippen LogP contribution >= 0.6 is 0 Å². The molecule has 0 aromatic carbocycles. The molecule has 0 rings (SSSR count). The summed E-state index contributed by atoms with van der Waals surface area (Å²) in [6, 6.07) is 0. The number of ether oxygens (including phenoxy) is 3. The molecule has 0 aliphatic rings. The van der Waals surface area contributed by atoms with E-state index in [9.17, 15) is 14.4 Å². The van der Waals surface area contributed by atoms with Crippen LogP contribution in [0.25, 0.3) is 0 Å². The van der Waals surface area contributed by atoms with E-state index in [2.05, 4.69) is 112 Å². The van der Waals surface area contributed by atoms with Gasteiger partial charge in [0.2, 0.25) is 0 Å². The van der Waals surface area contributed by atoms with Gasteiger partial charge in [-0.25, -0.2) is 0 Å². The fourth-order valence-electron chi connectivity index (χ4n) is 10.1. The Morgan fingerprint density at radius 2 is 0.500 bits per heavy atom. The third-order valence-corrected chi connectivity index (χ3v) is 15.3. The maximum atomic E-state index is 12.9. The Morgan fingerprint density at radius 1 is 0.256 bits per heavy atom. The van der Waals surface area contributed by atoms with Crippen molar-refractivity contribution in [2.45, 2.75) is 354 Å². The van der Waals surface area contributed by atoms with E-state index in [1.807, 2.05) is 6.08 Å². The lowest BCUT2D eigenvalue weighted by atomic mass is 10.0. The van der Waals surface area contributed by atoms with Crippen LogP contribution in [0.5, 0.6) is 0 Å². The quantitative estimate of drug-likeness (QED) is 0.0261. The summed E-state index contributed by atoms with van der Waals surface area (Å²) in [5, 5.41) is 0. The molecule has 0 spiro atoms. The van der Waals surface area contributed by atoms with Crippen molar-refractivity contribution in [2.24, 2.45) is 0 Å². The molecule has 0 fully saturated rings. The van der Waals surface area contributed by atoms with Crippen LogP contribution in [0.15, 0.2) is 97.2 Å². The lowest BCUT2D eigenvalue weighted by Gasteiger charge is -2.18. The summed E-state index contributed by atoms with van der Waals surface area (Å²) < 4.78 is 16.9. The third-order valence-electron chi connectivity index (χ3n) is 15.3. The second-order valence-electron chi connectivity index (χ2n) is 23.4. The van der Waals surface area contributed by atoms with Crippen molar-refractivity contribution in [1.82, 2.24) is 0 Å². The number of allylic oxidation sites excluding steroid dienone is 16. The smallest absolute Gasteiger partial charge is 0.306 e. The van der Waals surface area contributed by atoms with E-state index in [1.165, 1.54) is 212 Å². The Balaban J connectivity index is 4.35. The summed E-state index contributed by atoms with van der Waals surface area (Å²) >= 11 is 0.